The molecule has 0 aromatic carbocycles. The SMILES string of the molecule is CCCCCCCCC/C(=C\C1=CC(=O)C(C)=C(C)C1=O)C(=O)NOC. The zero-order chi connectivity index (χ0) is 19.5. The zero-order valence-corrected chi connectivity index (χ0v) is 16.4. The summed E-state index contributed by atoms with van der Waals surface area (Å²) < 4.78 is 0. The molecule has 0 heterocycles. The van der Waals surface area contributed by atoms with E-state index in [4.69, 9.17) is 4.84 Å². The van der Waals surface area contributed by atoms with E-state index < -0.39 is 0 Å². The lowest BCUT2D eigenvalue weighted by atomic mass is 9.89. The van der Waals surface area contributed by atoms with Crippen molar-refractivity contribution in [2.75, 3.05) is 7.11 Å². The Morgan fingerprint density at radius 3 is 2.27 bits per heavy atom. The first-order chi connectivity index (χ1) is 12.4. The standard InChI is InChI=1S/C21H31NO4/c1-5-6-7-8-9-10-11-12-17(21(25)22-26-4)13-18-14-19(23)15(2)16(3)20(18)24/h13-14H,5-12H2,1-4H3,(H,22,25)/b17-13+. The summed E-state index contributed by atoms with van der Waals surface area (Å²) in [5, 5.41) is 0. The number of carbonyl (C=O) groups is 3. The van der Waals surface area contributed by atoms with Crippen molar-refractivity contribution >= 4 is 17.5 Å². The van der Waals surface area contributed by atoms with Gasteiger partial charge in [-0.2, -0.15) is 0 Å². The highest BCUT2D eigenvalue weighted by Gasteiger charge is 2.23. The maximum atomic E-state index is 12.4. The van der Waals surface area contributed by atoms with E-state index >= 15 is 0 Å². The van der Waals surface area contributed by atoms with Gasteiger partial charge >= 0.3 is 0 Å². The molecule has 0 radical (unpaired) electrons. The predicted molar refractivity (Wildman–Crippen MR) is 102 cm³/mol. The molecule has 0 bridgehead atoms. The van der Waals surface area contributed by atoms with Crippen LogP contribution in [0.25, 0.3) is 0 Å². The Morgan fingerprint density at radius 2 is 1.65 bits per heavy atom. The van der Waals surface area contributed by atoms with Gasteiger partial charge in [-0.15, -0.1) is 0 Å². The fraction of sp³-hybridized carbons (Fsp3) is 0.571. The Kier molecular flexibility index (Phi) is 9.81. The molecule has 0 aliphatic heterocycles. The summed E-state index contributed by atoms with van der Waals surface area (Å²) in [7, 11) is 1.37. The molecular weight excluding hydrogens is 330 g/mol. The first-order valence-electron chi connectivity index (χ1n) is 9.44. The Balaban J connectivity index is 2.76. The van der Waals surface area contributed by atoms with Crippen molar-refractivity contribution in [2.24, 2.45) is 0 Å². The fourth-order valence-corrected chi connectivity index (χ4v) is 2.86. The van der Waals surface area contributed by atoms with E-state index in [1.807, 2.05) is 0 Å². The molecule has 0 saturated heterocycles. The number of Topliss-reactive ketones (excluding diaryl/α,β-unsaturated/α-hetero) is 1. The third kappa shape index (κ3) is 6.71. The van der Waals surface area contributed by atoms with Crippen molar-refractivity contribution in [3.8, 4) is 0 Å². The zero-order valence-electron chi connectivity index (χ0n) is 16.4. The molecule has 26 heavy (non-hydrogen) atoms. The van der Waals surface area contributed by atoms with Crippen molar-refractivity contribution in [1.29, 1.82) is 0 Å². The van der Waals surface area contributed by atoms with Gasteiger partial charge in [0.05, 0.1) is 7.11 Å². The molecule has 0 aromatic rings. The molecule has 1 N–H and O–H groups in total. The summed E-state index contributed by atoms with van der Waals surface area (Å²) in [5.74, 6) is -0.760. The number of hydrogen-bond acceptors (Lipinski definition) is 4. The predicted octanol–water partition coefficient (Wildman–Crippen LogP) is 4.15. The maximum absolute atomic E-state index is 12.4. The Hall–Kier alpha value is -2.01. The molecule has 0 fully saturated rings. The summed E-state index contributed by atoms with van der Waals surface area (Å²) >= 11 is 0. The lowest BCUT2D eigenvalue weighted by molar-refractivity contribution is -0.127. The van der Waals surface area contributed by atoms with Crippen molar-refractivity contribution in [2.45, 2.75) is 72.1 Å². The fourth-order valence-electron chi connectivity index (χ4n) is 2.86. The van der Waals surface area contributed by atoms with Gasteiger partial charge in [0.2, 0.25) is 0 Å². The van der Waals surface area contributed by atoms with E-state index in [9.17, 15) is 14.4 Å². The first kappa shape index (κ1) is 22.0. The Morgan fingerprint density at radius 1 is 1.04 bits per heavy atom. The van der Waals surface area contributed by atoms with Crippen LogP contribution in [0.3, 0.4) is 0 Å². The first-order valence-corrected chi connectivity index (χ1v) is 9.44. The van der Waals surface area contributed by atoms with Crippen molar-refractivity contribution < 1.29 is 19.2 Å². The number of nitrogens with one attached hydrogen (secondary N) is 1. The van der Waals surface area contributed by atoms with Gasteiger partial charge in [-0.3, -0.25) is 19.2 Å². The van der Waals surface area contributed by atoms with Crippen molar-refractivity contribution in [3.05, 3.63) is 34.4 Å². The Labute approximate surface area is 156 Å². The molecule has 1 aliphatic rings. The van der Waals surface area contributed by atoms with E-state index in [2.05, 4.69) is 12.4 Å². The second-order valence-corrected chi connectivity index (χ2v) is 6.72. The topological polar surface area (TPSA) is 72.5 Å². The highest BCUT2D eigenvalue weighted by atomic mass is 16.6. The van der Waals surface area contributed by atoms with Crippen LogP contribution < -0.4 is 5.48 Å². The normalized spacial score (nSPS) is 15.4. The van der Waals surface area contributed by atoms with Crippen LogP contribution in [0.4, 0.5) is 0 Å². The van der Waals surface area contributed by atoms with Gasteiger partial charge in [0, 0.05) is 22.3 Å². The average Bonchev–Trinajstić information content (AvgIpc) is 2.62. The minimum absolute atomic E-state index is 0.184. The second-order valence-electron chi connectivity index (χ2n) is 6.72. The number of hydroxylamine groups is 1. The molecule has 0 spiro atoms. The van der Waals surface area contributed by atoms with E-state index in [1.165, 1.54) is 44.9 Å². The monoisotopic (exact) mass is 361 g/mol. The number of hydrogen-bond donors (Lipinski definition) is 1. The van der Waals surface area contributed by atoms with Crippen LogP contribution in [0.1, 0.15) is 72.1 Å². The average molecular weight is 361 g/mol. The molecule has 0 unspecified atom stereocenters. The van der Waals surface area contributed by atoms with Gasteiger partial charge in [-0.1, -0.05) is 45.4 Å². The number of rotatable bonds is 11. The molecule has 5 heteroatoms. The highest BCUT2D eigenvalue weighted by molar-refractivity contribution is 6.23. The molecule has 0 aromatic heterocycles. The van der Waals surface area contributed by atoms with E-state index in [-0.39, 0.29) is 23.0 Å². The van der Waals surface area contributed by atoms with E-state index in [0.29, 0.717) is 23.1 Å². The van der Waals surface area contributed by atoms with Crippen LogP contribution in [0.15, 0.2) is 34.4 Å². The molecule has 0 atom stereocenters. The van der Waals surface area contributed by atoms with Crippen LogP contribution in [0, 0.1) is 0 Å². The molecule has 144 valence electrons. The molecule has 0 saturated carbocycles. The van der Waals surface area contributed by atoms with Crippen LogP contribution >= 0.6 is 0 Å². The third-order valence-corrected chi connectivity index (χ3v) is 4.69. The number of amides is 1. The lowest BCUT2D eigenvalue weighted by Gasteiger charge is -2.13. The van der Waals surface area contributed by atoms with Gasteiger partial charge < -0.3 is 0 Å². The smallest absolute Gasteiger partial charge is 0.270 e. The maximum Gasteiger partial charge on any atom is 0.270 e. The van der Waals surface area contributed by atoms with Gasteiger partial charge in [0.15, 0.2) is 11.6 Å². The summed E-state index contributed by atoms with van der Waals surface area (Å²) in [4.78, 5) is 41.3. The van der Waals surface area contributed by atoms with Gasteiger partial charge in [0.1, 0.15) is 0 Å². The summed E-state index contributed by atoms with van der Waals surface area (Å²) in [6, 6.07) is 0. The summed E-state index contributed by atoms with van der Waals surface area (Å²) in [5.41, 5.74) is 3.93. The summed E-state index contributed by atoms with van der Waals surface area (Å²) in [6.07, 6.45) is 11.4. The highest BCUT2D eigenvalue weighted by Crippen LogP contribution is 2.22. The largest absolute Gasteiger partial charge is 0.290 e. The van der Waals surface area contributed by atoms with Crippen LogP contribution in [0.2, 0.25) is 0 Å². The quantitative estimate of drug-likeness (QED) is 0.260. The molecule has 1 aliphatic carbocycles. The van der Waals surface area contributed by atoms with Gasteiger partial charge in [-0.25, -0.2) is 5.48 Å². The lowest BCUT2D eigenvalue weighted by Crippen LogP contribution is -2.24. The van der Waals surface area contributed by atoms with Crippen LogP contribution in [0.5, 0.6) is 0 Å². The van der Waals surface area contributed by atoms with Crippen molar-refractivity contribution in [3.63, 3.8) is 0 Å². The second kappa shape index (κ2) is 11.6. The number of carbonyl (C=O) groups excluding carboxylic acids is 3. The minimum Gasteiger partial charge on any atom is -0.290 e. The Bertz CT molecular complexity index is 626. The van der Waals surface area contributed by atoms with Gasteiger partial charge in [0.25, 0.3) is 5.91 Å². The van der Waals surface area contributed by atoms with Crippen LogP contribution in [-0.2, 0) is 19.2 Å². The molecule has 5 nitrogen and oxygen atoms in total. The van der Waals surface area contributed by atoms with Crippen molar-refractivity contribution in [1.82, 2.24) is 5.48 Å². The van der Waals surface area contributed by atoms with Crippen LogP contribution in [-0.4, -0.2) is 24.6 Å². The number of allylic oxidation sites excluding steroid dienone is 5. The van der Waals surface area contributed by atoms with E-state index in [0.717, 1.165) is 19.3 Å². The van der Waals surface area contributed by atoms with Gasteiger partial charge in [-0.05, 0) is 38.8 Å². The molecular formula is C21H31NO4. The summed E-state index contributed by atoms with van der Waals surface area (Å²) in [6.45, 7) is 5.47. The number of unbranched alkanes of at least 4 members (excludes halogenated alkanes) is 6. The molecule has 1 amide bonds. The minimum atomic E-state index is -0.372. The number of ketones is 2. The van der Waals surface area contributed by atoms with E-state index in [1.54, 1.807) is 13.8 Å². The molecule has 1 rings (SSSR count). The third-order valence-electron chi connectivity index (χ3n) is 4.69.